The van der Waals surface area contributed by atoms with Gasteiger partial charge >= 0.3 is 0 Å². The van der Waals surface area contributed by atoms with E-state index in [1.165, 1.54) is 23.6 Å². The fraction of sp³-hybridized carbons (Fsp3) is 0.111. The maximum Gasteiger partial charge on any atom is 0.143 e. The van der Waals surface area contributed by atoms with Crippen molar-refractivity contribution in [2.24, 2.45) is 0 Å². The second-order valence-corrected chi connectivity index (χ2v) is 3.44. The summed E-state index contributed by atoms with van der Waals surface area (Å²) in [4.78, 5) is 7.82. The van der Waals surface area contributed by atoms with Gasteiger partial charge in [-0.1, -0.05) is 0 Å². The summed E-state index contributed by atoms with van der Waals surface area (Å²) < 4.78 is 12.7. The highest BCUT2D eigenvalue weighted by Gasteiger charge is 1.97. The highest BCUT2D eigenvalue weighted by atomic mass is 32.1. The molecular formula is C9H8FN3S. The molecule has 0 saturated heterocycles. The summed E-state index contributed by atoms with van der Waals surface area (Å²) in [6.45, 7) is 0.592. The first kappa shape index (κ1) is 9.08. The highest BCUT2D eigenvalue weighted by Crippen LogP contribution is 2.09. The summed E-state index contributed by atoms with van der Waals surface area (Å²) in [7, 11) is 0. The van der Waals surface area contributed by atoms with Crippen molar-refractivity contribution in [2.75, 3.05) is 5.32 Å². The van der Waals surface area contributed by atoms with Gasteiger partial charge in [0.05, 0.1) is 35.8 Å². The van der Waals surface area contributed by atoms with Crippen molar-refractivity contribution >= 4 is 17.0 Å². The van der Waals surface area contributed by atoms with Crippen LogP contribution in [0.3, 0.4) is 0 Å². The van der Waals surface area contributed by atoms with Crippen molar-refractivity contribution in [3.05, 3.63) is 40.9 Å². The molecule has 14 heavy (non-hydrogen) atoms. The molecule has 1 N–H and O–H groups in total. The third kappa shape index (κ3) is 2.26. The number of halogens is 1. The van der Waals surface area contributed by atoms with Crippen molar-refractivity contribution in [1.29, 1.82) is 0 Å². The molecule has 2 rings (SSSR count). The Kier molecular flexibility index (Phi) is 2.69. The third-order valence-electron chi connectivity index (χ3n) is 1.66. The Morgan fingerprint density at radius 3 is 3.07 bits per heavy atom. The Morgan fingerprint density at radius 1 is 1.43 bits per heavy atom. The maximum absolute atomic E-state index is 12.7. The molecule has 0 aromatic carbocycles. The van der Waals surface area contributed by atoms with Crippen molar-refractivity contribution in [2.45, 2.75) is 6.54 Å². The number of nitrogens with one attached hydrogen (secondary N) is 1. The Balaban J connectivity index is 1.98. The van der Waals surface area contributed by atoms with Crippen LogP contribution in [0.2, 0.25) is 0 Å². The quantitative estimate of drug-likeness (QED) is 0.842. The summed E-state index contributed by atoms with van der Waals surface area (Å²) in [5.74, 6) is -0.340. The normalized spacial score (nSPS) is 10.1. The molecular weight excluding hydrogens is 201 g/mol. The van der Waals surface area contributed by atoms with E-state index >= 15 is 0 Å². The van der Waals surface area contributed by atoms with Crippen LogP contribution in [0.5, 0.6) is 0 Å². The molecule has 0 aliphatic carbocycles. The second kappa shape index (κ2) is 4.15. The number of rotatable bonds is 3. The molecule has 3 nitrogen and oxygen atoms in total. The topological polar surface area (TPSA) is 37.8 Å². The van der Waals surface area contributed by atoms with E-state index in [4.69, 9.17) is 0 Å². The predicted octanol–water partition coefficient (Wildman–Crippen LogP) is 2.29. The van der Waals surface area contributed by atoms with Gasteiger partial charge < -0.3 is 5.32 Å². The zero-order valence-electron chi connectivity index (χ0n) is 7.27. The third-order valence-corrected chi connectivity index (χ3v) is 2.30. The van der Waals surface area contributed by atoms with Gasteiger partial charge in [-0.15, -0.1) is 11.3 Å². The SMILES string of the molecule is Fc1cncc(NCc2cscn2)c1. The van der Waals surface area contributed by atoms with E-state index in [1.807, 2.05) is 5.38 Å². The van der Waals surface area contributed by atoms with Gasteiger partial charge in [-0.05, 0) is 0 Å². The molecule has 0 radical (unpaired) electrons. The highest BCUT2D eigenvalue weighted by molar-refractivity contribution is 7.07. The summed E-state index contributed by atoms with van der Waals surface area (Å²) >= 11 is 1.54. The molecule has 0 fully saturated rings. The van der Waals surface area contributed by atoms with E-state index in [9.17, 15) is 4.39 Å². The molecule has 2 aromatic rings. The van der Waals surface area contributed by atoms with Crippen LogP contribution in [0.25, 0.3) is 0 Å². The zero-order valence-corrected chi connectivity index (χ0v) is 8.09. The summed E-state index contributed by atoms with van der Waals surface area (Å²) in [6, 6.07) is 1.40. The average molecular weight is 209 g/mol. The molecule has 5 heteroatoms. The van der Waals surface area contributed by atoms with Gasteiger partial charge in [0, 0.05) is 11.4 Å². The zero-order chi connectivity index (χ0) is 9.80. The van der Waals surface area contributed by atoms with Crippen molar-refractivity contribution in [1.82, 2.24) is 9.97 Å². The Bertz CT molecular complexity index is 402. The smallest absolute Gasteiger partial charge is 0.143 e. The van der Waals surface area contributed by atoms with Gasteiger partial charge in [-0.3, -0.25) is 4.98 Å². The van der Waals surface area contributed by atoms with Gasteiger partial charge in [0.15, 0.2) is 0 Å². The van der Waals surface area contributed by atoms with Crippen molar-refractivity contribution < 1.29 is 4.39 Å². The fourth-order valence-corrected chi connectivity index (χ4v) is 1.58. The first-order chi connectivity index (χ1) is 6.84. The molecule has 0 saturated carbocycles. The summed E-state index contributed by atoms with van der Waals surface area (Å²) in [5, 5.41) is 4.97. The van der Waals surface area contributed by atoms with Crippen LogP contribution >= 0.6 is 11.3 Å². The minimum absolute atomic E-state index is 0.340. The number of nitrogens with zero attached hydrogens (tertiary/aromatic N) is 2. The molecule has 0 amide bonds. The first-order valence-corrected chi connectivity index (χ1v) is 5.00. The first-order valence-electron chi connectivity index (χ1n) is 4.06. The summed E-state index contributed by atoms with van der Waals surface area (Å²) in [5.41, 5.74) is 3.37. The fourth-order valence-electron chi connectivity index (χ4n) is 1.03. The van der Waals surface area contributed by atoms with E-state index in [1.54, 1.807) is 11.7 Å². The lowest BCUT2D eigenvalue weighted by Gasteiger charge is -2.02. The van der Waals surface area contributed by atoms with Crippen LogP contribution < -0.4 is 5.32 Å². The molecule has 0 spiro atoms. The molecule has 2 aromatic heterocycles. The van der Waals surface area contributed by atoms with Crippen molar-refractivity contribution in [3.63, 3.8) is 0 Å². The van der Waals surface area contributed by atoms with Crippen LogP contribution in [0, 0.1) is 5.82 Å². The van der Waals surface area contributed by atoms with Gasteiger partial charge in [-0.25, -0.2) is 9.37 Å². The Labute approximate surface area is 84.6 Å². The number of aromatic nitrogens is 2. The van der Waals surface area contributed by atoms with Crippen LogP contribution in [0.4, 0.5) is 10.1 Å². The lowest BCUT2D eigenvalue weighted by Crippen LogP contribution is -2.00. The molecule has 0 unspecified atom stereocenters. The Morgan fingerprint density at radius 2 is 2.36 bits per heavy atom. The number of anilines is 1. The number of thiazole rings is 1. The van der Waals surface area contributed by atoms with Gasteiger partial charge in [0.1, 0.15) is 5.82 Å². The van der Waals surface area contributed by atoms with Crippen LogP contribution in [-0.4, -0.2) is 9.97 Å². The standard InChI is InChI=1S/C9H8FN3S/c10-7-1-8(3-11-2-7)12-4-9-5-14-6-13-9/h1-3,5-6,12H,4H2. The minimum atomic E-state index is -0.340. The van der Waals surface area contributed by atoms with Gasteiger partial charge in [-0.2, -0.15) is 0 Å². The lowest BCUT2D eigenvalue weighted by molar-refractivity contribution is 0.622. The van der Waals surface area contributed by atoms with Gasteiger partial charge in [0.2, 0.25) is 0 Å². The van der Waals surface area contributed by atoms with E-state index < -0.39 is 0 Å². The molecule has 2 heterocycles. The molecule has 72 valence electrons. The van der Waals surface area contributed by atoms with E-state index in [2.05, 4.69) is 15.3 Å². The average Bonchev–Trinajstić information content (AvgIpc) is 2.67. The molecule has 0 aliphatic heterocycles. The minimum Gasteiger partial charge on any atom is -0.378 e. The van der Waals surface area contributed by atoms with Crippen LogP contribution in [0.15, 0.2) is 29.4 Å². The Hall–Kier alpha value is -1.49. The predicted molar refractivity (Wildman–Crippen MR) is 53.6 cm³/mol. The van der Waals surface area contributed by atoms with Crippen molar-refractivity contribution in [3.8, 4) is 0 Å². The summed E-state index contributed by atoms with van der Waals surface area (Å²) in [6.07, 6.45) is 2.75. The number of hydrogen-bond donors (Lipinski definition) is 1. The number of hydrogen-bond acceptors (Lipinski definition) is 4. The van der Waals surface area contributed by atoms with E-state index in [0.717, 1.165) is 5.69 Å². The molecule has 0 atom stereocenters. The monoisotopic (exact) mass is 209 g/mol. The van der Waals surface area contributed by atoms with Crippen LogP contribution in [-0.2, 0) is 6.54 Å². The van der Waals surface area contributed by atoms with E-state index in [0.29, 0.717) is 12.2 Å². The largest absolute Gasteiger partial charge is 0.378 e. The van der Waals surface area contributed by atoms with Crippen LogP contribution in [0.1, 0.15) is 5.69 Å². The van der Waals surface area contributed by atoms with E-state index in [-0.39, 0.29) is 5.82 Å². The second-order valence-electron chi connectivity index (χ2n) is 2.73. The maximum atomic E-state index is 12.7. The number of pyridine rings is 1. The van der Waals surface area contributed by atoms with Gasteiger partial charge in [0.25, 0.3) is 0 Å². The molecule has 0 aliphatic rings. The molecule has 0 bridgehead atoms. The lowest BCUT2D eigenvalue weighted by atomic mass is 10.4.